The molecule has 0 unspecified atom stereocenters. The van der Waals surface area contributed by atoms with Crippen molar-refractivity contribution in [2.24, 2.45) is 5.41 Å². The Labute approximate surface area is 162 Å². The van der Waals surface area contributed by atoms with Crippen molar-refractivity contribution in [3.8, 4) is 0 Å². The summed E-state index contributed by atoms with van der Waals surface area (Å²) in [7, 11) is 0. The molecule has 0 aliphatic heterocycles. The molecule has 3 heteroatoms. The fourth-order valence-corrected chi connectivity index (χ4v) is 4.16. The van der Waals surface area contributed by atoms with Gasteiger partial charge < -0.3 is 5.32 Å². The molecule has 1 N–H and O–H groups in total. The third kappa shape index (κ3) is 6.87. The van der Waals surface area contributed by atoms with E-state index in [-0.39, 0.29) is 16.9 Å². The Balaban J connectivity index is 1.93. The average molecular weight is 370 g/mol. The Kier molecular flexibility index (Phi) is 6.57. The van der Waals surface area contributed by atoms with E-state index in [0.717, 1.165) is 17.7 Å². The lowest BCUT2D eigenvalue weighted by molar-refractivity contribution is 0.0891. The van der Waals surface area contributed by atoms with E-state index in [1.165, 1.54) is 16.0 Å². The summed E-state index contributed by atoms with van der Waals surface area (Å²) in [5.74, 6) is 0.900. The third-order valence-corrected chi connectivity index (χ3v) is 5.15. The number of benzene rings is 2. The third-order valence-electron chi connectivity index (χ3n) is 4.07. The summed E-state index contributed by atoms with van der Waals surface area (Å²) in [6, 6.07) is 16.5. The minimum absolute atomic E-state index is 0.00279. The first-order chi connectivity index (χ1) is 12.0. The second-order valence-electron chi connectivity index (χ2n) is 8.87. The van der Waals surface area contributed by atoms with Gasteiger partial charge in [-0.1, -0.05) is 50.6 Å². The van der Waals surface area contributed by atoms with Gasteiger partial charge in [-0.2, -0.15) is 0 Å². The Morgan fingerprint density at radius 1 is 0.923 bits per heavy atom. The molecule has 2 nitrogen and oxygen atoms in total. The number of amides is 1. The predicted octanol–water partition coefficient (Wildman–Crippen LogP) is 6.23. The lowest BCUT2D eigenvalue weighted by atomic mass is 9.81. The number of nitrogens with one attached hydrogen (secondary N) is 1. The summed E-state index contributed by atoms with van der Waals surface area (Å²) in [6.45, 7) is 12.9. The zero-order valence-corrected chi connectivity index (χ0v) is 17.7. The summed E-state index contributed by atoms with van der Waals surface area (Å²) >= 11 is 1.81. The van der Waals surface area contributed by atoms with Gasteiger partial charge in [0.1, 0.15) is 0 Å². The van der Waals surface area contributed by atoms with Crippen molar-refractivity contribution in [2.75, 3.05) is 0 Å². The molecule has 0 spiro atoms. The largest absolute Gasteiger partial charge is 0.347 e. The highest BCUT2D eigenvalue weighted by Crippen LogP contribution is 2.27. The van der Waals surface area contributed by atoms with Gasteiger partial charge in [-0.05, 0) is 62.4 Å². The Bertz CT molecular complexity index is 724. The van der Waals surface area contributed by atoms with Gasteiger partial charge in [-0.25, -0.2) is 0 Å². The molecule has 2 rings (SSSR count). The number of thioether (sulfide) groups is 1. The zero-order valence-electron chi connectivity index (χ0n) is 16.8. The van der Waals surface area contributed by atoms with Crippen molar-refractivity contribution in [3.05, 3.63) is 65.2 Å². The van der Waals surface area contributed by atoms with E-state index in [9.17, 15) is 4.79 Å². The summed E-state index contributed by atoms with van der Waals surface area (Å²) < 4.78 is 0. The van der Waals surface area contributed by atoms with Crippen LogP contribution in [0.1, 0.15) is 62.5 Å². The van der Waals surface area contributed by atoms with Crippen LogP contribution >= 0.6 is 11.8 Å². The highest BCUT2D eigenvalue weighted by atomic mass is 32.2. The molecule has 0 bridgehead atoms. The number of rotatable bonds is 6. The fourth-order valence-electron chi connectivity index (χ4n) is 3.30. The quantitative estimate of drug-likeness (QED) is 0.611. The van der Waals surface area contributed by atoms with Crippen molar-refractivity contribution < 1.29 is 4.79 Å². The van der Waals surface area contributed by atoms with Gasteiger partial charge in [0.25, 0.3) is 5.91 Å². The molecule has 0 atom stereocenters. The smallest absolute Gasteiger partial charge is 0.251 e. The van der Waals surface area contributed by atoms with Crippen molar-refractivity contribution in [2.45, 2.75) is 64.2 Å². The summed E-state index contributed by atoms with van der Waals surface area (Å²) in [6.07, 6.45) is 0.928. The van der Waals surface area contributed by atoms with E-state index < -0.39 is 0 Å². The van der Waals surface area contributed by atoms with E-state index in [1.807, 2.05) is 36.0 Å². The van der Waals surface area contributed by atoms with Crippen LogP contribution in [0.4, 0.5) is 0 Å². The molecule has 0 aromatic heterocycles. The Morgan fingerprint density at radius 3 is 2.04 bits per heavy atom. The molecule has 0 aliphatic rings. The van der Waals surface area contributed by atoms with Crippen LogP contribution in [0.3, 0.4) is 0 Å². The monoisotopic (exact) mass is 369 g/mol. The molecular formula is C23H31NOS. The molecule has 0 saturated carbocycles. The molecule has 0 saturated heterocycles. The van der Waals surface area contributed by atoms with Crippen LogP contribution in [0.5, 0.6) is 0 Å². The maximum Gasteiger partial charge on any atom is 0.251 e. The molecule has 0 aliphatic carbocycles. The molecule has 2 aromatic carbocycles. The number of hydrogen-bond donors (Lipinski definition) is 1. The Hall–Kier alpha value is -1.74. The first-order valence-electron chi connectivity index (χ1n) is 9.15. The van der Waals surface area contributed by atoms with Gasteiger partial charge in [0.05, 0.1) is 0 Å². The maximum absolute atomic E-state index is 12.6. The highest BCUT2D eigenvalue weighted by Gasteiger charge is 2.27. The van der Waals surface area contributed by atoms with Gasteiger partial charge in [-0.15, -0.1) is 11.8 Å². The summed E-state index contributed by atoms with van der Waals surface area (Å²) in [5, 5.41) is 3.17. The number of carbonyl (C=O) groups excluding carboxylic acids is 1. The van der Waals surface area contributed by atoms with E-state index in [2.05, 4.69) is 71.1 Å². The van der Waals surface area contributed by atoms with Crippen LogP contribution in [0.15, 0.2) is 53.4 Å². The zero-order chi connectivity index (χ0) is 19.4. The minimum atomic E-state index is -0.227. The second kappa shape index (κ2) is 8.30. The molecule has 0 heterocycles. The van der Waals surface area contributed by atoms with Crippen LogP contribution in [0, 0.1) is 12.3 Å². The standard InChI is InChI=1S/C23H31NOS/c1-17-7-13-20(14-8-17)26-15-18-9-11-19(12-10-18)21(25)24-23(5,6)16-22(2,3)4/h7-14H,15-16H2,1-6H3,(H,24,25). The van der Waals surface area contributed by atoms with Crippen molar-refractivity contribution >= 4 is 17.7 Å². The maximum atomic E-state index is 12.6. The molecule has 26 heavy (non-hydrogen) atoms. The van der Waals surface area contributed by atoms with Crippen LogP contribution < -0.4 is 5.32 Å². The van der Waals surface area contributed by atoms with Crippen molar-refractivity contribution in [1.82, 2.24) is 5.32 Å². The second-order valence-corrected chi connectivity index (χ2v) is 9.92. The number of aryl methyl sites for hydroxylation is 1. The van der Waals surface area contributed by atoms with Crippen molar-refractivity contribution in [1.29, 1.82) is 0 Å². The van der Waals surface area contributed by atoms with E-state index in [1.54, 1.807) is 0 Å². The minimum Gasteiger partial charge on any atom is -0.347 e. The van der Waals surface area contributed by atoms with Crippen LogP contribution in [0.25, 0.3) is 0 Å². The van der Waals surface area contributed by atoms with Crippen molar-refractivity contribution in [3.63, 3.8) is 0 Å². The van der Waals surface area contributed by atoms with Crippen LogP contribution in [-0.2, 0) is 5.75 Å². The molecule has 140 valence electrons. The van der Waals surface area contributed by atoms with Gasteiger partial charge >= 0.3 is 0 Å². The first-order valence-corrected chi connectivity index (χ1v) is 10.1. The van der Waals surface area contributed by atoms with Gasteiger partial charge in [-0.3, -0.25) is 4.79 Å². The molecule has 0 radical (unpaired) electrons. The fraction of sp³-hybridized carbons (Fsp3) is 0.435. The van der Waals surface area contributed by atoms with Crippen LogP contribution in [-0.4, -0.2) is 11.4 Å². The molecular weight excluding hydrogens is 338 g/mol. The summed E-state index contributed by atoms with van der Waals surface area (Å²) in [5.41, 5.74) is 3.17. The summed E-state index contributed by atoms with van der Waals surface area (Å²) in [4.78, 5) is 13.8. The Morgan fingerprint density at radius 2 is 1.50 bits per heavy atom. The highest BCUT2D eigenvalue weighted by molar-refractivity contribution is 7.98. The van der Waals surface area contributed by atoms with Gasteiger partial charge in [0.2, 0.25) is 0 Å². The van der Waals surface area contributed by atoms with Gasteiger partial charge in [0.15, 0.2) is 0 Å². The molecule has 2 aromatic rings. The number of hydrogen-bond acceptors (Lipinski definition) is 2. The van der Waals surface area contributed by atoms with E-state index in [0.29, 0.717) is 0 Å². The van der Waals surface area contributed by atoms with Gasteiger partial charge in [0, 0.05) is 21.8 Å². The predicted molar refractivity (Wildman–Crippen MR) is 113 cm³/mol. The number of carbonyl (C=O) groups is 1. The average Bonchev–Trinajstić information content (AvgIpc) is 2.52. The topological polar surface area (TPSA) is 29.1 Å². The lowest BCUT2D eigenvalue weighted by Gasteiger charge is -2.33. The van der Waals surface area contributed by atoms with E-state index in [4.69, 9.17) is 0 Å². The lowest BCUT2D eigenvalue weighted by Crippen LogP contribution is -2.45. The SMILES string of the molecule is Cc1ccc(SCc2ccc(C(=O)NC(C)(C)CC(C)(C)C)cc2)cc1. The first kappa shape index (κ1) is 20.6. The van der Waals surface area contributed by atoms with E-state index >= 15 is 0 Å². The molecule has 0 fully saturated rings. The normalized spacial score (nSPS) is 12.1. The van der Waals surface area contributed by atoms with Crippen LogP contribution in [0.2, 0.25) is 0 Å². The molecule has 1 amide bonds.